The molecule has 0 radical (unpaired) electrons. The number of allylic oxidation sites excluding steroid dienone is 1. The van der Waals surface area contributed by atoms with E-state index in [2.05, 4.69) is 47.1 Å². The topological polar surface area (TPSA) is 58.5 Å². The van der Waals surface area contributed by atoms with Crippen molar-refractivity contribution < 1.29 is 14.6 Å². The first-order valence-corrected chi connectivity index (χ1v) is 9.82. The fourth-order valence-corrected chi connectivity index (χ4v) is 4.53. The Hall–Kier alpha value is -3.34. The summed E-state index contributed by atoms with van der Waals surface area (Å²) in [6, 6.07) is 20.1. The molecular formula is C25H19NO3. The van der Waals surface area contributed by atoms with E-state index >= 15 is 0 Å². The van der Waals surface area contributed by atoms with Gasteiger partial charge in [0.2, 0.25) is 0 Å². The van der Waals surface area contributed by atoms with Crippen LogP contribution in [0.3, 0.4) is 0 Å². The highest BCUT2D eigenvalue weighted by Gasteiger charge is 2.18. The molecule has 2 heterocycles. The summed E-state index contributed by atoms with van der Waals surface area (Å²) in [4.78, 5) is 0. The molecule has 142 valence electrons. The van der Waals surface area contributed by atoms with Crippen LogP contribution in [0.25, 0.3) is 44.5 Å². The Balaban J connectivity index is 1.67. The van der Waals surface area contributed by atoms with E-state index in [1.165, 1.54) is 10.9 Å². The van der Waals surface area contributed by atoms with Gasteiger partial charge in [-0.1, -0.05) is 36.4 Å². The van der Waals surface area contributed by atoms with Gasteiger partial charge in [-0.15, -0.1) is 0 Å². The number of fused-ring (bicyclic) bond motifs is 6. The van der Waals surface area contributed by atoms with Gasteiger partial charge in [0, 0.05) is 39.0 Å². The molecule has 1 aliphatic rings. The van der Waals surface area contributed by atoms with Crippen LogP contribution in [-0.2, 0) is 6.42 Å². The molecule has 1 aliphatic carbocycles. The number of benzene rings is 3. The number of furan rings is 1. The highest BCUT2D eigenvalue weighted by Crippen LogP contribution is 2.36. The van der Waals surface area contributed by atoms with Gasteiger partial charge in [0.05, 0.1) is 11.0 Å². The molecule has 6 rings (SSSR count). The average Bonchev–Trinajstić information content (AvgIpc) is 3.28. The molecule has 0 amide bonds. The lowest BCUT2D eigenvalue weighted by Gasteiger charge is -2.10. The van der Waals surface area contributed by atoms with E-state index in [0.29, 0.717) is 5.56 Å². The molecule has 0 saturated heterocycles. The third-order valence-corrected chi connectivity index (χ3v) is 5.89. The average molecular weight is 381 g/mol. The molecule has 4 heteroatoms. The van der Waals surface area contributed by atoms with Crippen LogP contribution in [0.4, 0.5) is 0 Å². The number of aliphatic hydroxyl groups is 2. The zero-order valence-electron chi connectivity index (χ0n) is 15.7. The summed E-state index contributed by atoms with van der Waals surface area (Å²) in [5.74, 6) is 0.955. The standard InChI is InChI=1S/C25H19NO3/c27-25(28)15-9-11-18-17-5-1-3-7-21(17)26(22(18)13-15)16-10-12-20-19-6-2-4-8-23(19)29-24(20)14-16/h1,3-5,7-14,25,27-28H,2,6H2. The van der Waals surface area contributed by atoms with Crippen LogP contribution in [0, 0.1) is 0 Å². The van der Waals surface area contributed by atoms with Gasteiger partial charge < -0.3 is 19.2 Å². The molecular weight excluding hydrogens is 362 g/mol. The molecule has 2 N–H and O–H groups in total. The Kier molecular flexibility index (Phi) is 3.48. The van der Waals surface area contributed by atoms with E-state index in [0.717, 1.165) is 51.7 Å². The van der Waals surface area contributed by atoms with E-state index < -0.39 is 6.29 Å². The third kappa shape index (κ3) is 2.40. The summed E-state index contributed by atoms with van der Waals surface area (Å²) in [6.07, 6.45) is 4.76. The summed E-state index contributed by atoms with van der Waals surface area (Å²) in [6.45, 7) is 0. The Labute approximate surface area is 166 Å². The van der Waals surface area contributed by atoms with Gasteiger partial charge in [0.15, 0.2) is 6.29 Å². The van der Waals surface area contributed by atoms with E-state index in [1.54, 1.807) is 6.07 Å². The van der Waals surface area contributed by atoms with E-state index in [9.17, 15) is 10.2 Å². The number of rotatable bonds is 2. The van der Waals surface area contributed by atoms with Crippen LogP contribution < -0.4 is 0 Å². The maximum atomic E-state index is 9.68. The molecule has 0 saturated carbocycles. The van der Waals surface area contributed by atoms with Crippen molar-refractivity contribution in [3.05, 3.63) is 83.6 Å². The van der Waals surface area contributed by atoms with Gasteiger partial charge in [-0.05, 0) is 43.2 Å². The van der Waals surface area contributed by atoms with E-state index in [4.69, 9.17) is 4.42 Å². The van der Waals surface area contributed by atoms with Crippen LogP contribution in [-0.4, -0.2) is 14.8 Å². The van der Waals surface area contributed by atoms with E-state index in [-0.39, 0.29) is 0 Å². The van der Waals surface area contributed by atoms with Crippen LogP contribution in [0.15, 0.2) is 71.2 Å². The van der Waals surface area contributed by atoms with Gasteiger partial charge in [-0.25, -0.2) is 0 Å². The van der Waals surface area contributed by atoms with Gasteiger partial charge in [-0.2, -0.15) is 0 Å². The monoisotopic (exact) mass is 381 g/mol. The van der Waals surface area contributed by atoms with Crippen molar-refractivity contribution in [3.63, 3.8) is 0 Å². The highest BCUT2D eigenvalue weighted by molar-refractivity contribution is 6.09. The van der Waals surface area contributed by atoms with Crippen molar-refractivity contribution in [2.45, 2.75) is 19.1 Å². The van der Waals surface area contributed by atoms with Crippen molar-refractivity contribution in [2.24, 2.45) is 0 Å². The molecule has 0 spiro atoms. The minimum absolute atomic E-state index is 0.473. The Morgan fingerprint density at radius 3 is 2.59 bits per heavy atom. The summed E-state index contributed by atoms with van der Waals surface area (Å²) >= 11 is 0. The quantitative estimate of drug-likeness (QED) is 0.399. The van der Waals surface area contributed by atoms with Crippen LogP contribution in [0.5, 0.6) is 0 Å². The minimum atomic E-state index is -1.50. The second-order valence-corrected chi connectivity index (χ2v) is 7.57. The number of aromatic nitrogens is 1. The Bertz CT molecular complexity index is 1440. The molecule has 0 fully saturated rings. The molecule has 5 aromatic rings. The lowest BCUT2D eigenvalue weighted by Crippen LogP contribution is -1.97. The predicted octanol–water partition coefficient (Wildman–Crippen LogP) is 5.47. The number of hydrogen-bond acceptors (Lipinski definition) is 3. The van der Waals surface area contributed by atoms with Crippen molar-refractivity contribution in [3.8, 4) is 5.69 Å². The van der Waals surface area contributed by atoms with Crippen molar-refractivity contribution in [1.82, 2.24) is 4.57 Å². The fraction of sp³-hybridized carbons (Fsp3) is 0.120. The van der Waals surface area contributed by atoms with Crippen molar-refractivity contribution in [1.29, 1.82) is 0 Å². The number of aryl methyl sites for hydroxylation is 1. The largest absolute Gasteiger partial charge is 0.456 e. The maximum absolute atomic E-state index is 9.68. The molecule has 0 aliphatic heterocycles. The zero-order chi connectivity index (χ0) is 19.5. The summed E-state index contributed by atoms with van der Waals surface area (Å²) < 4.78 is 8.30. The van der Waals surface area contributed by atoms with Gasteiger partial charge in [-0.3, -0.25) is 0 Å². The normalized spacial score (nSPS) is 13.8. The van der Waals surface area contributed by atoms with E-state index in [1.807, 2.05) is 24.3 Å². The first-order valence-electron chi connectivity index (χ1n) is 9.82. The van der Waals surface area contributed by atoms with Crippen molar-refractivity contribution >= 4 is 38.9 Å². The van der Waals surface area contributed by atoms with Gasteiger partial charge >= 0.3 is 0 Å². The smallest absolute Gasteiger partial charge is 0.178 e. The first-order chi connectivity index (χ1) is 14.2. The van der Waals surface area contributed by atoms with Crippen LogP contribution in [0.2, 0.25) is 0 Å². The molecule has 0 atom stereocenters. The number of para-hydroxylation sites is 1. The first kappa shape index (κ1) is 16.6. The zero-order valence-corrected chi connectivity index (χ0v) is 15.7. The second kappa shape index (κ2) is 6.08. The maximum Gasteiger partial charge on any atom is 0.178 e. The summed E-state index contributed by atoms with van der Waals surface area (Å²) in [5.41, 5.74) is 5.63. The number of aliphatic hydroxyl groups excluding tert-OH is 1. The summed E-state index contributed by atoms with van der Waals surface area (Å²) in [5, 5.41) is 22.7. The minimum Gasteiger partial charge on any atom is -0.456 e. The van der Waals surface area contributed by atoms with Gasteiger partial charge in [0.1, 0.15) is 11.3 Å². The lowest BCUT2D eigenvalue weighted by molar-refractivity contribution is -0.0424. The summed E-state index contributed by atoms with van der Waals surface area (Å²) in [7, 11) is 0. The molecule has 29 heavy (non-hydrogen) atoms. The Morgan fingerprint density at radius 2 is 1.69 bits per heavy atom. The molecule has 3 aromatic carbocycles. The predicted molar refractivity (Wildman–Crippen MR) is 115 cm³/mol. The molecule has 4 nitrogen and oxygen atoms in total. The SMILES string of the molecule is OC(O)c1ccc2c3ccccc3n(-c3ccc4c5c(oc4c3)C=CCC5)c2c1. The number of nitrogens with zero attached hydrogens (tertiary/aromatic N) is 1. The Morgan fingerprint density at radius 1 is 0.862 bits per heavy atom. The molecule has 0 bridgehead atoms. The van der Waals surface area contributed by atoms with Crippen molar-refractivity contribution in [2.75, 3.05) is 0 Å². The molecule has 2 aromatic heterocycles. The highest BCUT2D eigenvalue weighted by atomic mass is 16.5. The van der Waals surface area contributed by atoms with Gasteiger partial charge in [0.25, 0.3) is 0 Å². The van der Waals surface area contributed by atoms with Crippen LogP contribution in [0.1, 0.15) is 29.6 Å². The van der Waals surface area contributed by atoms with Crippen LogP contribution >= 0.6 is 0 Å². The second-order valence-electron chi connectivity index (χ2n) is 7.57. The third-order valence-electron chi connectivity index (χ3n) is 5.89. The fourth-order valence-electron chi connectivity index (χ4n) is 4.53. The lowest BCUT2D eigenvalue weighted by atomic mass is 10.0. The molecule has 0 unspecified atom stereocenters. The number of hydrogen-bond donors (Lipinski definition) is 2.